The second kappa shape index (κ2) is 5.59. The molecule has 0 saturated carbocycles. The highest BCUT2D eigenvalue weighted by molar-refractivity contribution is 9.10. The van der Waals surface area contributed by atoms with E-state index in [-0.39, 0.29) is 10.6 Å². The quantitative estimate of drug-likeness (QED) is 0.807. The van der Waals surface area contributed by atoms with Gasteiger partial charge in [0, 0.05) is 4.47 Å². The summed E-state index contributed by atoms with van der Waals surface area (Å²) in [7, 11) is 0. The van der Waals surface area contributed by atoms with Crippen LogP contribution in [0.5, 0.6) is 0 Å². The van der Waals surface area contributed by atoms with E-state index < -0.39 is 11.7 Å². The molecule has 3 N–H and O–H groups in total. The molecule has 2 aromatic carbocycles. The first kappa shape index (κ1) is 13.8. The lowest BCUT2D eigenvalue weighted by Gasteiger charge is -2.09. The van der Waals surface area contributed by atoms with E-state index in [0.717, 1.165) is 0 Å². The summed E-state index contributed by atoms with van der Waals surface area (Å²) in [4.78, 5) is 12.1. The summed E-state index contributed by atoms with van der Waals surface area (Å²) in [5.74, 6) is -0.902. The minimum Gasteiger partial charge on any atom is -0.398 e. The van der Waals surface area contributed by atoms with Crippen molar-refractivity contribution < 1.29 is 9.18 Å². The van der Waals surface area contributed by atoms with Crippen LogP contribution in [0.3, 0.4) is 0 Å². The Morgan fingerprint density at radius 3 is 2.79 bits per heavy atom. The Hall–Kier alpha value is -1.59. The SMILES string of the molecule is Nc1cccc(C(=O)Nc2cc(F)ccc2Br)c1Cl. The van der Waals surface area contributed by atoms with Gasteiger partial charge in [-0.1, -0.05) is 17.7 Å². The molecule has 6 heteroatoms. The van der Waals surface area contributed by atoms with Gasteiger partial charge in [0.15, 0.2) is 0 Å². The number of anilines is 2. The summed E-state index contributed by atoms with van der Waals surface area (Å²) in [5, 5.41) is 2.74. The van der Waals surface area contributed by atoms with E-state index in [0.29, 0.717) is 15.8 Å². The third-order valence-corrected chi connectivity index (χ3v) is 3.56. The van der Waals surface area contributed by atoms with Gasteiger partial charge in [-0.25, -0.2) is 4.39 Å². The molecule has 2 aromatic rings. The molecule has 0 radical (unpaired) electrons. The fraction of sp³-hybridized carbons (Fsp3) is 0. The maximum atomic E-state index is 13.1. The average molecular weight is 344 g/mol. The molecule has 3 nitrogen and oxygen atoms in total. The van der Waals surface area contributed by atoms with Crippen LogP contribution >= 0.6 is 27.5 Å². The summed E-state index contributed by atoms with van der Waals surface area (Å²) in [6.07, 6.45) is 0. The second-order valence-corrected chi connectivity index (χ2v) is 5.02. The van der Waals surface area contributed by atoms with E-state index >= 15 is 0 Å². The van der Waals surface area contributed by atoms with Gasteiger partial charge in [-0.2, -0.15) is 0 Å². The van der Waals surface area contributed by atoms with Crippen LogP contribution in [-0.2, 0) is 0 Å². The zero-order chi connectivity index (χ0) is 14.0. The Balaban J connectivity index is 2.31. The predicted molar refractivity (Wildman–Crippen MR) is 77.9 cm³/mol. The van der Waals surface area contributed by atoms with E-state index in [1.807, 2.05) is 0 Å². The summed E-state index contributed by atoms with van der Waals surface area (Å²) in [6.45, 7) is 0. The van der Waals surface area contributed by atoms with E-state index in [2.05, 4.69) is 21.2 Å². The van der Waals surface area contributed by atoms with E-state index in [1.165, 1.54) is 18.2 Å². The number of benzene rings is 2. The lowest BCUT2D eigenvalue weighted by molar-refractivity contribution is 0.102. The molecule has 0 fully saturated rings. The summed E-state index contributed by atoms with van der Waals surface area (Å²) < 4.78 is 13.7. The maximum Gasteiger partial charge on any atom is 0.257 e. The Morgan fingerprint density at radius 1 is 1.32 bits per heavy atom. The van der Waals surface area contributed by atoms with Crippen molar-refractivity contribution in [3.63, 3.8) is 0 Å². The van der Waals surface area contributed by atoms with Crippen LogP contribution < -0.4 is 11.1 Å². The molecule has 0 aromatic heterocycles. The fourth-order valence-electron chi connectivity index (χ4n) is 1.51. The second-order valence-electron chi connectivity index (χ2n) is 3.79. The van der Waals surface area contributed by atoms with Crippen molar-refractivity contribution in [2.45, 2.75) is 0 Å². The van der Waals surface area contributed by atoms with Gasteiger partial charge >= 0.3 is 0 Å². The van der Waals surface area contributed by atoms with Crippen LogP contribution in [0.4, 0.5) is 15.8 Å². The van der Waals surface area contributed by atoms with Crippen molar-refractivity contribution in [3.8, 4) is 0 Å². The number of hydrogen-bond acceptors (Lipinski definition) is 2. The molecular formula is C13H9BrClFN2O. The van der Waals surface area contributed by atoms with Crippen molar-refractivity contribution in [1.29, 1.82) is 0 Å². The molecule has 0 spiro atoms. The molecule has 0 unspecified atom stereocenters. The van der Waals surface area contributed by atoms with Gasteiger partial charge in [0.1, 0.15) is 5.82 Å². The van der Waals surface area contributed by atoms with Crippen LogP contribution in [0.2, 0.25) is 5.02 Å². The number of nitrogen functional groups attached to an aromatic ring is 1. The molecule has 0 aliphatic heterocycles. The number of carbonyl (C=O) groups is 1. The molecule has 0 aliphatic rings. The first-order chi connectivity index (χ1) is 8.99. The Morgan fingerprint density at radius 2 is 2.05 bits per heavy atom. The molecule has 0 bridgehead atoms. The lowest BCUT2D eigenvalue weighted by atomic mass is 10.2. The highest BCUT2D eigenvalue weighted by Crippen LogP contribution is 2.27. The van der Waals surface area contributed by atoms with Gasteiger partial charge < -0.3 is 11.1 Å². The maximum absolute atomic E-state index is 13.1. The first-order valence-corrected chi connectivity index (χ1v) is 6.46. The molecule has 1 amide bonds. The minimum absolute atomic E-state index is 0.174. The molecule has 0 heterocycles. The van der Waals surface area contributed by atoms with Gasteiger partial charge in [0.25, 0.3) is 5.91 Å². The van der Waals surface area contributed by atoms with Crippen LogP contribution in [0.25, 0.3) is 0 Å². The Bertz CT molecular complexity index is 649. The average Bonchev–Trinajstić information content (AvgIpc) is 2.37. The first-order valence-electron chi connectivity index (χ1n) is 5.29. The monoisotopic (exact) mass is 342 g/mol. The van der Waals surface area contributed by atoms with Gasteiger partial charge in [0.05, 0.1) is 22.0 Å². The number of rotatable bonds is 2. The third-order valence-electron chi connectivity index (χ3n) is 2.45. The number of carbonyl (C=O) groups excluding carboxylic acids is 1. The molecule has 2 rings (SSSR count). The van der Waals surface area contributed by atoms with Crippen molar-refractivity contribution in [3.05, 3.63) is 57.3 Å². The summed E-state index contributed by atoms with van der Waals surface area (Å²) >= 11 is 9.18. The molecular weight excluding hydrogens is 335 g/mol. The molecule has 0 atom stereocenters. The normalized spacial score (nSPS) is 10.3. The van der Waals surface area contributed by atoms with Gasteiger partial charge in [-0.15, -0.1) is 0 Å². The smallest absolute Gasteiger partial charge is 0.257 e. The highest BCUT2D eigenvalue weighted by Gasteiger charge is 2.13. The van der Waals surface area contributed by atoms with Gasteiger partial charge in [-0.05, 0) is 46.3 Å². The number of amides is 1. The van der Waals surface area contributed by atoms with Gasteiger partial charge in [-0.3, -0.25) is 4.79 Å². The van der Waals surface area contributed by atoms with Crippen molar-refractivity contribution in [2.75, 3.05) is 11.1 Å². The van der Waals surface area contributed by atoms with Crippen LogP contribution in [0, 0.1) is 5.82 Å². The Labute approximate surface area is 122 Å². The zero-order valence-electron chi connectivity index (χ0n) is 9.58. The predicted octanol–water partition coefficient (Wildman–Crippen LogP) is 4.08. The highest BCUT2D eigenvalue weighted by atomic mass is 79.9. The summed E-state index contributed by atoms with van der Waals surface area (Å²) in [6, 6.07) is 8.76. The van der Waals surface area contributed by atoms with E-state index in [9.17, 15) is 9.18 Å². The number of nitrogens with two attached hydrogens (primary N) is 1. The zero-order valence-corrected chi connectivity index (χ0v) is 11.9. The van der Waals surface area contributed by atoms with Gasteiger partial charge in [0.2, 0.25) is 0 Å². The standard InChI is InChI=1S/C13H9BrClFN2O/c14-9-5-4-7(16)6-11(9)18-13(19)8-2-1-3-10(17)12(8)15/h1-6H,17H2,(H,18,19). The topological polar surface area (TPSA) is 55.1 Å². The van der Waals surface area contributed by atoms with E-state index in [1.54, 1.807) is 18.2 Å². The van der Waals surface area contributed by atoms with Crippen LogP contribution in [0.1, 0.15) is 10.4 Å². The molecule has 19 heavy (non-hydrogen) atoms. The van der Waals surface area contributed by atoms with E-state index in [4.69, 9.17) is 17.3 Å². The fourth-order valence-corrected chi connectivity index (χ4v) is 2.07. The third kappa shape index (κ3) is 3.05. The largest absolute Gasteiger partial charge is 0.398 e. The van der Waals surface area contributed by atoms with Crippen molar-refractivity contribution in [1.82, 2.24) is 0 Å². The molecule has 0 saturated heterocycles. The number of hydrogen-bond donors (Lipinski definition) is 2. The van der Waals surface area contributed by atoms with Crippen molar-refractivity contribution in [2.24, 2.45) is 0 Å². The summed E-state index contributed by atoms with van der Waals surface area (Å²) in [5.41, 5.74) is 6.49. The number of nitrogens with one attached hydrogen (secondary N) is 1. The Kier molecular flexibility index (Phi) is 4.07. The minimum atomic E-state index is -0.455. The van der Waals surface area contributed by atoms with Crippen LogP contribution in [-0.4, -0.2) is 5.91 Å². The number of halogens is 3. The molecule has 0 aliphatic carbocycles. The molecule has 98 valence electrons. The van der Waals surface area contributed by atoms with Crippen molar-refractivity contribution >= 4 is 44.8 Å². The lowest BCUT2D eigenvalue weighted by Crippen LogP contribution is -2.13. The van der Waals surface area contributed by atoms with Crippen LogP contribution in [0.15, 0.2) is 40.9 Å².